The van der Waals surface area contributed by atoms with Crippen molar-refractivity contribution in [2.24, 2.45) is 0 Å². The predicted octanol–water partition coefficient (Wildman–Crippen LogP) is 0.200. The number of rotatable bonds is 5. The van der Waals surface area contributed by atoms with Crippen LogP contribution in [0.15, 0.2) is 12.3 Å². The Hall–Kier alpha value is -0.870. The Morgan fingerprint density at radius 2 is 2.42 bits per heavy atom. The highest BCUT2D eigenvalue weighted by Gasteiger charge is 1.92. The molecule has 1 aromatic rings. The third kappa shape index (κ3) is 3.02. The molecule has 68 valence electrons. The van der Waals surface area contributed by atoms with Gasteiger partial charge in [-0.3, -0.25) is 4.68 Å². The molecule has 0 spiro atoms. The first kappa shape index (κ1) is 9.22. The molecule has 1 N–H and O–H groups in total. The summed E-state index contributed by atoms with van der Waals surface area (Å²) < 4.78 is 6.91. The first-order valence-corrected chi connectivity index (χ1v) is 4.01. The minimum Gasteiger partial charge on any atom is -0.394 e. The average Bonchev–Trinajstić information content (AvgIpc) is 2.45. The molecule has 0 fully saturated rings. The number of nitrogens with zero attached hydrogens (tertiary/aromatic N) is 2. The fourth-order valence-electron chi connectivity index (χ4n) is 0.912. The van der Waals surface area contributed by atoms with E-state index in [2.05, 4.69) is 5.10 Å². The Morgan fingerprint density at radius 3 is 3.00 bits per heavy atom. The molecule has 1 heterocycles. The predicted molar refractivity (Wildman–Crippen MR) is 44.9 cm³/mol. The standard InChI is InChI=1S/C8H14N2O2/c1-8-2-3-10(9-8)4-6-12-7-5-11/h2-3,11H,4-7H2,1H3. The van der Waals surface area contributed by atoms with Gasteiger partial charge in [0.25, 0.3) is 0 Å². The molecule has 1 rings (SSSR count). The monoisotopic (exact) mass is 170 g/mol. The summed E-state index contributed by atoms with van der Waals surface area (Å²) in [6, 6.07) is 1.95. The van der Waals surface area contributed by atoms with Crippen molar-refractivity contribution in [1.82, 2.24) is 9.78 Å². The number of ether oxygens (including phenoxy) is 1. The first-order chi connectivity index (χ1) is 5.83. The molecule has 0 atom stereocenters. The van der Waals surface area contributed by atoms with Crippen molar-refractivity contribution in [3.8, 4) is 0 Å². The quantitative estimate of drug-likeness (QED) is 0.642. The number of hydrogen-bond donors (Lipinski definition) is 1. The Kier molecular flexibility index (Phi) is 3.76. The summed E-state index contributed by atoms with van der Waals surface area (Å²) >= 11 is 0. The molecule has 0 bridgehead atoms. The van der Waals surface area contributed by atoms with Gasteiger partial charge in [0.1, 0.15) is 0 Å². The molecule has 0 aromatic carbocycles. The zero-order valence-electron chi connectivity index (χ0n) is 7.23. The maximum atomic E-state index is 8.42. The lowest BCUT2D eigenvalue weighted by Gasteiger charge is -2.01. The largest absolute Gasteiger partial charge is 0.394 e. The smallest absolute Gasteiger partial charge is 0.0698 e. The highest BCUT2D eigenvalue weighted by Crippen LogP contribution is 1.92. The molecule has 0 amide bonds. The molecule has 0 aliphatic heterocycles. The summed E-state index contributed by atoms with van der Waals surface area (Å²) in [7, 11) is 0. The van der Waals surface area contributed by atoms with Crippen molar-refractivity contribution in [3.05, 3.63) is 18.0 Å². The van der Waals surface area contributed by atoms with Crippen LogP contribution in [-0.4, -0.2) is 34.7 Å². The van der Waals surface area contributed by atoms with Crippen LogP contribution in [0.5, 0.6) is 0 Å². The molecule has 0 saturated carbocycles. The second-order valence-corrected chi connectivity index (χ2v) is 2.56. The number of hydrogen-bond acceptors (Lipinski definition) is 3. The van der Waals surface area contributed by atoms with E-state index >= 15 is 0 Å². The van der Waals surface area contributed by atoms with Gasteiger partial charge in [0.2, 0.25) is 0 Å². The van der Waals surface area contributed by atoms with E-state index in [1.54, 1.807) is 0 Å². The second kappa shape index (κ2) is 4.90. The summed E-state index contributed by atoms with van der Waals surface area (Å²) in [6.45, 7) is 3.78. The molecule has 1 aromatic heterocycles. The van der Waals surface area contributed by atoms with Crippen molar-refractivity contribution < 1.29 is 9.84 Å². The summed E-state index contributed by atoms with van der Waals surface area (Å²) in [5.41, 5.74) is 1.01. The van der Waals surface area contributed by atoms with E-state index in [9.17, 15) is 0 Å². The van der Waals surface area contributed by atoms with Gasteiger partial charge in [-0.25, -0.2) is 0 Å². The molecule has 0 aliphatic rings. The molecule has 4 nitrogen and oxygen atoms in total. The van der Waals surface area contributed by atoms with Crippen molar-refractivity contribution in [2.75, 3.05) is 19.8 Å². The van der Waals surface area contributed by atoms with E-state index in [4.69, 9.17) is 9.84 Å². The third-order valence-corrected chi connectivity index (χ3v) is 1.47. The van der Waals surface area contributed by atoms with Crippen LogP contribution < -0.4 is 0 Å². The molecular weight excluding hydrogens is 156 g/mol. The lowest BCUT2D eigenvalue weighted by molar-refractivity contribution is 0.0853. The van der Waals surface area contributed by atoms with Crippen LogP contribution >= 0.6 is 0 Å². The van der Waals surface area contributed by atoms with E-state index in [1.807, 2.05) is 23.9 Å². The normalized spacial score (nSPS) is 10.5. The van der Waals surface area contributed by atoms with Gasteiger partial charge in [-0.2, -0.15) is 5.10 Å². The number of aryl methyl sites for hydroxylation is 1. The van der Waals surface area contributed by atoms with Crippen molar-refractivity contribution in [2.45, 2.75) is 13.5 Å². The van der Waals surface area contributed by atoms with E-state index in [0.29, 0.717) is 13.2 Å². The maximum absolute atomic E-state index is 8.42. The number of aliphatic hydroxyl groups is 1. The van der Waals surface area contributed by atoms with Crippen LogP contribution in [0.1, 0.15) is 5.69 Å². The van der Waals surface area contributed by atoms with Gasteiger partial charge >= 0.3 is 0 Å². The molecule has 0 unspecified atom stereocenters. The van der Waals surface area contributed by atoms with Gasteiger partial charge in [0.15, 0.2) is 0 Å². The van der Waals surface area contributed by atoms with Gasteiger partial charge < -0.3 is 9.84 Å². The highest BCUT2D eigenvalue weighted by atomic mass is 16.5. The van der Waals surface area contributed by atoms with Gasteiger partial charge in [0.05, 0.1) is 32.1 Å². The SMILES string of the molecule is Cc1ccn(CCOCCO)n1. The zero-order chi connectivity index (χ0) is 8.81. The third-order valence-electron chi connectivity index (χ3n) is 1.47. The van der Waals surface area contributed by atoms with Gasteiger partial charge in [0, 0.05) is 6.20 Å². The van der Waals surface area contributed by atoms with Gasteiger partial charge in [-0.15, -0.1) is 0 Å². The van der Waals surface area contributed by atoms with Crippen molar-refractivity contribution in [3.63, 3.8) is 0 Å². The second-order valence-electron chi connectivity index (χ2n) is 2.56. The minimum absolute atomic E-state index is 0.0815. The Balaban J connectivity index is 2.15. The zero-order valence-corrected chi connectivity index (χ0v) is 7.23. The van der Waals surface area contributed by atoms with Crippen molar-refractivity contribution >= 4 is 0 Å². The van der Waals surface area contributed by atoms with E-state index in [0.717, 1.165) is 12.2 Å². The lowest BCUT2D eigenvalue weighted by atomic mass is 10.5. The summed E-state index contributed by atoms with van der Waals surface area (Å²) in [5.74, 6) is 0. The average molecular weight is 170 g/mol. The Bertz CT molecular complexity index is 223. The minimum atomic E-state index is 0.0815. The molecule has 0 aliphatic carbocycles. The van der Waals surface area contributed by atoms with Crippen LogP contribution in [0.4, 0.5) is 0 Å². The fraction of sp³-hybridized carbons (Fsp3) is 0.625. The van der Waals surface area contributed by atoms with Crippen molar-refractivity contribution in [1.29, 1.82) is 0 Å². The maximum Gasteiger partial charge on any atom is 0.0698 e. The van der Waals surface area contributed by atoms with Crippen LogP contribution in [0.2, 0.25) is 0 Å². The number of aliphatic hydroxyl groups excluding tert-OH is 1. The molecule has 0 radical (unpaired) electrons. The van der Waals surface area contributed by atoms with Crippen LogP contribution in [0.3, 0.4) is 0 Å². The molecule has 12 heavy (non-hydrogen) atoms. The summed E-state index contributed by atoms with van der Waals surface area (Å²) in [6.07, 6.45) is 1.91. The summed E-state index contributed by atoms with van der Waals surface area (Å²) in [4.78, 5) is 0. The van der Waals surface area contributed by atoms with Gasteiger partial charge in [-0.1, -0.05) is 0 Å². The van der Waals surface area contributed by atoms with Crippen LogP contribution in [-0.2, 0) is 11.3 Å². The number of aromatic nitrogens is 2. The Morgan fingerprint density at radius 1 is 1.58 bits per heavy atom. The van der Waals surface area contributed by atoms with Crippen LogP contribution in [0.25, 0.3) is 0 Å². The molecule has 0 saturated heterocycles. The van der Waals surface area contributed by atoms with E-state index < -0.39 is 0 Å². The van der Waals surface area contributed by atoms with E-state index in [-0.39, 0.29) is 6.61 Å². The van der Waals surface area contributed by atoms with Gasteiger partial charge in [-0.05, 0) is 13.0 Å². The molecular formula is C8H14N2O2. The topological polar surface area (TPSA) is 47.3 Å². The summed E-state index contributed by atoms with van der Waals surface area (Å²) in [5, 5.41) is 12.6. The lowest BCUT2D eigenvalue weighted by Crippen LogP contribution is -2.08. The fourth-order valence-corrected chi connectivity index (χ4v) is 0.912. The van der Waals surface area contributed by atoms with Crippen LogP contribution in [0, 0.1) is 6.92 Å². The Labute approximate surface area is 71.8 Å². The van der Waals surface area contributed by atoms with E-state index in [1.165, 1.54) is 0 Å². The first-order valence-electron chi connectivity index (χ1n) is 4.01. The highest BCUT2D eigenvalue weighted by molar-refractivity contribution is 4.94. The molecule has 4 heteroatoms.